The Kier molecular flexibility index (Phi) is 18.8. The third kappa shape index (κ3) is 14.3. The van der Waals surface area contributed by atoms with E-state index in [-0.39, 0.29) is 24.0 Å². The maximum atomic E-state index is 5.38. The number of likely N-dealkylation sites (N-methyl/N-ethyl adjacent to an activating group) is 1. The Morgan fingerprint density at radius 1 is 1.15 bits per heavy atom. The number of halogens is 1. The van der Waals surface area contributed by atoms with Gasteiger partial charge in [-0.25, -0.2) is 0 Å². The van der Waals surface area contributed by atoms with E-state index in [4.69, 9.17) is 9.47 Å². The highest BCUT2D eigenvalue weighted by atomic mass is 127. The van der Waals surface area contributed by atoms with Gasteiger partial charge in [0.2, 0.25) is 0 Å². The van der Waals surface area contributed by atoms with Gasteiger partial charge >= 0.3 is 0 Å². The Bertz CT molecular complexity index is 230. The summed E-state index contributed by atoms with van der Waals surface area (Å²) in [5, 5.41) is 6.54. The molecule has 0 aromatic carbocycles. The van der Waals surface area contributed by atoms with E-state index in [0.717, 1.165) is 45.2 Å². The van der Waals surface area contributed by atoms with Crippen molar-refractivity contribution in [1.82, 2.24) is 15.5 Å². The van der Waals surface area contributed by atoms with Crippen molar-refractivity contribution in [2.75, 3.05) is 67.2 Å². The summed E-state index contributed by atoms with van der Waals surface area (Å²) in [6, 6.07) is 0. The SMILES string of the molecule is CCN(C)CCNC(=NC)NCCCOCCOC.I. The van der Waals surface area contributed by atoms with Crippen LogP contribution in [0.25, 0.3) is 0 Å². The summed E-state index contributed by atoms with van der Waals surface area (Å²) in [7, 11) is 5.57. The molecule has 0 aliphatic rings. The van der Waals surface area contributed by atoms with Crippen molar-refractivity contribution in [2.24, 2.45) is 4.99 Å². The highest BCUT2D eigenvalue weighted by Gasteiger charge is 1.98. The first-order chi connectivity index (χ1) is 9.24. The summed E-state index contributed by atoms with van der Waals surface area (Å²) in [5.74, 6) is 0.849. The zero-order chi connectivity index (χ0) is 14.3. The van der Waals surface area contributed by atoms with Gasteiger partial charge in [0.05, 0.1) is 13.2 Å². The molecule has 0 fully saturated rings. The molecule has 0 atom stereocenters. The molecule has 0 saturated carbocycles. The van der Waals surface area contributed by atoms with Gasteiger partial charge in [0.15, 0.2) is 5.96 Å². The highest BCUT2D eigenvalue weighted by molar-refractivity contribution is 14.0. The molecule has 0 bridgehead atoms. The normalized spacial score (nSPS) is 11.3. The van der Waals surface area contributed by atoms with Crippen molar-refractivity contribution in [3.05, 3.63) is 0 Å². The predicted octanol–water partition coefficient (Wildman–Crippen LogP) is 0.774. The lowest BCUT2D eigenvalue weighted by Gasteiger charge is -2.16. The number of methoxy groups -OCH3 is 1. The molecule has 0 aromatic rings. The monoisotopic (exact) mass is 402 g/mol. The van der Waals surface area contributed by atoms with Gasteiger partial charge < -0.3 is 25.0 Å². The fourth-order valence-electron chi connectivity index (χ4n) is 1.37. The van der Waals surface area contributed by atoms with Crippen LogP contribution >= 0.6 is 24.0 Å². The van der Waals surface area contributed by atoms with E-state index in [2.05, 4.69) is 34.5 Å². The number of nitrogens with one attached hydrogen (secondary N) is 2. The van der Waals surface area contributed by atoms with E-state index >= 15 is 0 Å². The first kappa shape index (κ1) is 22.2. The van der Waals surface area contributed by atoms with Gasteiger partial charge in [-0.2, -0.15) is 0 Å². The maximum absolute atomic E-state index is 5.38. The third-order valence-corrected chi connectivity index (χ3v) is 2.74. The Labute approximate surface area is 140 Å². The molecule has 20 heavy (non-hydrogen) atoms. The number of hydrogen-bond acceptors (Lipinski definition) is 4. The van der Waals surface area contributed by atoms with Gasteiger partial charge in [-0.1, -0.05) is 6.92 Å². The van der Waals surface area contributed by atoms with E-state index in [1.165, 1.54) is 0 Å². The van der Waals surface area contributed by atoms with Crippen molar-refractivity contribution in [2.45, 2.75) is 13.3 Å². The minimum Gasteiger partial charge on any atom is -0.382 e. The van der Waals surface area contributed by atoms with Crippen LogP contribution in [0.3, 0.4) is 0 Å². The Morgan fingerprint density at radius 2 is 1.85 bits per heavy atom. The summed E-state index contributed by atoms with van der Waals surface area (Å²) >= 11 is 0. The van der Waals surface area contributed by atoms with Crippen LogP contribution < -0.4 is 10.6 Å². The second-order valence-electron chi connectivity index (χ2n) is 4.28. The van der Waals surface area contributed by atoms with Crippen molar-refractivity contribution < 1.29 is 9.47 Å². The van der Waals surface area contributed by atoms with Crippen molar-refractivity contribution in [3.8, 4) is 0 Å². The molecular formula is C13H31IN4O2. The van der Waals surface area contributed by atoms with Crippen molar-refractivity contribution >= 4 is 29.9 Å². The van der Waals surface area contributed by atoms with Gasteiger partial charge in [-0.05, 0) is 20.0 Å². The first-order valence-electron chi connectivity index (χ1n) is 6.94. The average Bonchev–Trinajstić information content (AvgIpc) is 2.44. The van der Waals surface area contributed by atoms with Crippen LogP contribution in [-0.2, 0) is 9.47 Å². The summed E-state index contributed by atoms with van der Waals surface area (Å²) in [5.41, 5.74) is 0. The molecule has 122 valence electrons. The van der Waals surface area contributed by atoms with E-state index in [0.29, 0.717) is 13.2 Å². The standard InChI is InChI=1S/C13H30N4O2.HI/c1-5-17(3)9-8-16-13(14-2)15-7-6-10-19-12-11-18-4;/h5-12H2,1-4H3,(H2,14,15,16);1H. The number of hydrogen-bond donors (Lipinski definition) is 2. The summed E-state index contributed by atoms with van der Waals surface area (Å²) in [6.07, 6.45) is 0.958. The number of aliphatic imine (C=N–C) groups is 1. The molecule has 0 saturated heterocycles. The number of nitrogens with zero attached hydrogens (tertiary/aromatic N) is 2. The molecule has 0 rings (SSSR count). The van der Waals surface area contributed by atoms with Crippen LogP contribution in [0, 0.1) is 0 Å². The predicted molar refractivity (Wildman–Crippen MR) is 95.3 cm³/mol. The van der Waals surface area contributed by atoms with E-state index in [1.807, 2.05) is 0 Å². The summed E-state index contributed by atoms with van der Waals surface area (Å²) in [4.78, 5) is 6.43. The molecule has 7 heteroatoms. The van der Waals surface area contributed by atoms with Crippen LogP contribution in [0.4, 0.5) is 0 Å². The lowest BCUT2D eigenvalue weighted by atomic mass is 10.4. The molecular weight excluding hydrogens is 371 g/mol. The number of guanidine groups is 1. The maximum Gasteiger partial charge on any atom is 0.191 e. The Balaban J connectivity index is 0. The largest absolute Gasteiger partial charge is 0.382 e. The van der Waals surface area contributed by atoms with E-state index < -0.39 is 0 Å². The van der Waals surface area contributed by atoms with Crippen molar-refractivity contribution in [3.63, 3.8) is 0 Å². The second-order valence-corrected chi connectivity index (χ2v) is 4.28. The molecule has 0 aliphatic carbocycles. The lowest BCUT2D eigenvalue weighted by Crippen LogP contribution is -2.41. The zero-order valence-corrected chi connectivity index (χ0v) is 15.6. The van der Waals surface area contributed by atoms with E-state index in [9.17, 15) is 0 Å². The molecule has 0 aromatic heterocycles. The Morgan fingerprint density at radius 3 is 2.45 bits per heavy atom. The minimum atomic E-state index is 0. The first-order valence-corrected chi connectivity index (χ1v) is 6.94. The minimum absolute atomic E-state index is 0. The summed E-state index contributed by atoms with van der Waals surface area (Å²) in [6.45, 7) is 8.03. The third-order valence-electron chi connectivity index (χ3n) is 2.74. The van der Waals surface area contributed by atoms with Gasteiger partial charge in [0.1, 0.15) is 0 Å². The summed E-state index contributed by atoms with van der Waals surface area (Å²) < 4.78 is 10.3. The smallest absolute Gasteiger partial charge is 0.191 e. The Hall–Kier alpha value is -0.120. The zero-order valence-electron chi connectivity index (χ0n) is 13.3. The van der Waals surface area contributed by atoms with E-state index in [1.54, 1.807) is 14.2 Å². The molecule has 0 unspecified atom stereocenters. The van der Waals surface area contributed by atoms with Gasteiger partial charge in [0, 0.05) is 40.4 Å². The fourth-order valence-corrected chi connectivity index (χ4v) is 1.37. The lowest BCUT2D eigenvalue weighted by molar-refractivity contribution is 0.0698. The van der Waals surface area contributed by atoms with Crippen LogP contribution in [0.1, 0.15) is 13.3 Å². The van der Waals surface area contributed by atoms with Crippen LogP contribution in [0.15, 0.2) is 4.99 Å². The van der Waals surface area contributed by atoms with Crippen molar-refractivity contribution in [1.29, 1.82) is 0 Å². The topological polar surface area (TPSA) is 58.1 Å². The van der Waals surface area contributed by atoms with Gasteiger partial charge in [-0.3, -0.25) is 4.99 Å². The quantitative estimate of drug-likeness (QED) is 0.232. The van der Waals surface area contributed by atoms with Crippen LogP contribution in [0.5, 0.6) is 0 Å². The number of rotatable bonds is 11. The van der Waals surface area contributed by atoms with Gasteiger partial charge in [-0.15, -0.1) is 24.0 Å². The molecule has 6 nitrogen and oxygen atoms in total. The van der Waals surface area contributed by atoms with Gasteiger partial charge in [0.25, 0.3) is 0 Å². The van der Waals surface area contributed by atoms with Crippen LogP contribution in [-0.4, -0.2) is 78.1 Å². The highest BCUT2D eigenvalue weighted by Crippen LogP contribution is 1.82. The molecule has 0 radical (unpaired) electrons. The fraction of sp³-hybridized carbons (Fsp3) is 0.923. The molecule has 0 aliphatic heterocycles. The molecule has 0 amide bonds. The molecule has 0 heterocycles. The average molecular weight is 402 g/mol. The number of ether oxygens (including phenoxy) is 2. The molecule has 0 spiro atoms. The molecule has 2 N–H and O–H groups in total. The second kappa shape index (κ2) is 16.9. The van der Waals surface area contributed by atoms with Crippen LogP contribution in [0.2, 0.25) is 0 Å².